The molecule has 0 spiro atoms. The number of fused-ring (bicyclic) bond motifs is 3. The first kappa shape index (κ1) is 19.6. The van der Waals surface area contributed by atoms with Crippen LogP contribution in [0.15, 0.2) is 48.5 Å². The van der Waals surface area contributed by atoms with Gasteiger partial charge in [0.15, 0.2) is 0 Å². The van der Waals surface area contributed by atoms with Gasteiger partial charge >= 0.3 is 0 Å². The molecule has 0 aliphatic carbocycles. The number of nitrogens with zero attached hydrogens (tertiary/aromatic N) is 1. The van der Waals surface area contributed by atoms with Crippen LogP contribution >= 0.6 is 34.4 Å². The fraction of sp³-hybridized carbons (Fsp3) is 0.217. The molecule has 0 atom stereocenters. The van der Waals surface area contributed by atoms with Gasteiger partial charge in [-0.05, 0) is 42.8 Å². The highest BCUT2D eigenvalue weighted by atomic mass is 32.2. The summed E-state index contributed by atoms with van der Waals surface area (Å²) in [6.45, 7) is 3.52. The fourth-order valence-electron chi connectivity index (χ4n) is 3.68. The number of thioether (sulfide) groups is 1. The first-order chi connectivity index (χ1) is 14.6. The highest BCUT2D eigenvalue weighted by Gasteiger charge is 2.20. The van der Waals surface area contributed by atoms with Crippen molar-refractivity contribution in [3.8, 4) is 0 Å². The summed E-state index contributed by atoms with van der Waals surface area (Å²) < 4.78 is 3.55. The van der Waals surface area contributed by atoms with Crippen LogP contribution < -0.4 is 5.32 Å². The Bertz CT molecular complexity index is 1270. The zero-order valence-electron chi connectivity index (χ0n) is 16.4. The number of nitrogens with one attached hydrogen (secondary N) is 1. The summed E-state index contributed by atoms with van der Waals surface area (Å²) in [5, 5.41) is 4.22. The summed E-state index contributed by atoms with van der Waals surface area (Å²) in [4.78, 5) is 28.2. The van der Waals surface area contributed by atoms with E-state index < -0.39 is 0 Å². The zero-order valence-corrected chi connectivity index (χ0v) is 18.9. The van der Waals surface area contributed by atoms with E-state index in [1.807, 2.05) is 60.0 Å². The number of hydrogen-bond acceptors (Lipinski definition) is 5. The van der Waals surface area contributed by atoms with Crippen molar-refractivity contribution in [3.05, 3.63) is 64.5 Å². The van der Waals surface area contributed by atoms with Gasteiger partial charge in [-0.25, -0.2) is 0 Å². The minimum atomic E-state index is -0.109. The fourth-order valence-corrected chi connectivity index (χ4v) is 7.00. The molecule has 4 nitrogen and oxygen atoms in total. The molecule has 30 heavy (non-hydrogen) atoms. The summed E-state index contributed by atoms with van der Waals surface area (Å²) in [6, 6.07) is 15.8. The molecule has 0 saturated carbocycles. The van der Waals surface area contributed by atoms with Gasteiger partial charge < -0.3 is 10.2 Å². The molecular formula is C23H20N2O2S3. The predicted molar refractivity (Wildman–Crippen MR) is 130 cm³/mol. The van der Waals surface area contributed by atoms with Gasteiger partial charge in [0.05, 0.1) is 9.58 Å². The van der Waals surface area contributed by atoms with Gasteiger partial charge in [-0.1, -0.05) is 18.2 Å². The second-order valence-corrected chi connectivity index (χ2v) is 10.7. The molecule has 1 aliphatic heterocycles. The highest BCUT2D eigenvalue weighted by molar-refractivity contribution is 7.99. The van der Waals surface area contributed by atoms with Crippen LogP contribution in [0, 0.1) is 6.92 Å². The normalized spacial score (nSPS) is 14.4. The number of carbonyl (C=O) groups is 2. The van der Waals surface area contributed by atoms with Crippen molar-refractivity contribution in [2.24, 2.45) is 0 Å². The SMILES string of the molecule is Cc1cc(C(=O)N2CCSCC2)ccc1NC(=O)c1cc2sc3ccccc3c2s1. The standard InChI is InChI=1S/C23H20N2O2S3/c1-14-12-15(23(27)25-8-10-28-11-9-25)6-7-17(14)24-22(26)20-13-19-21(30-20)16-4-2-3-5-18(16)29-19/h2-7,12-13H,8-11H2,1H3,(H,24,26). The Morgan fingerprint density at radius 1 is 0.967 bits per heavy atom. The van der Waals surface area contributed by atoms with Crippen LogP contribution in [0.5, 0.6) is 0 Å². The molecule has 0 bridgehead atoms. The van der Waals surface area contributed by atoms with E-state index in [2.05, 4.69) is 17.4 Å². The molecule has 2 amide bonds. The van der Waals surface area contributed by atoms with Gasteiger partial charge in [0.1, 0.15) is 0 Å². The highest BCUT2D eigenvalue weighted by Crippen LogP contribution is 2.39. The van der Waals surface area contributed by atoms with Crippen LogP contribution in [0.4, 0.5) is 5.69 Å². The Morgan fingerprint density at radius 2 is 1.77 bits per heavy atom. The van der Waals surface area contributed by atoms with Crippen molar-refractivity contribution in [2.45, 2.75) is 6.92 Å². The zero-order chi connectivity index (χ0) is 20.7. The van der Waals surface area contributed by atoms with Crippen molar-refractivity contribution >= 4 is 71.4 Å². The average Bonchev–Trinajstić information content (AvgIpc) is 3.33. The van der Waals surface area contributed by atoms with E-state index in [0.717, 1.165) is 45.2 Å². The average molecular weight is 453 g/mol. The summed E-state index contributed by atoms with van der Waals surface area (Å²) in [5.41, 5.74) is 2.32. The topological polar surface area (TPSA) is 49.4 Å². The first-order valence-electron chi connectivity index (χ1n) is 9.80. The number of rotatable bonds is 3. The van der Waals surface area contributed by atoms with Crippen molar-refractivity contribution in [1.29, 1.82) is 0 Å². The predicted octanol–water partition coefficient (Wildman–Crippen LogP) is 5.87. The molecule has 0 unspecified atom stereocenters. The van der Waals surface area contributed by atoms with Gasteiger partial charge in [-0.2, -0.15) is 11.8 Å². The lowest BCUT2D eigenvalue weighted by molar-refractivity contribution is 0.0772. The van der Waals surface area contributed by atoms with E-state index in [1.54, 1.807) is 11.3 Å². The number of carbonyl (C=O) groups excluding carboxylic acids is 2. The maximum atomic E-state index is 12.9. The van der Waals surface area contributed by atoms with Gasteiger partial charge in [-0.3, -0.25) is 9.59 Å². The molecule has 1 saturated heterocycles. The minimum absolute atomic E-state index is 0.0710. The molecule has 7 heteroatoms. The molecule has 1 N–H and O–H groups in total. The lowest BCUT2D eigenvalue weighted by Gasteiger charge is -2.26. The summed E-state index contributed by atoms with van der Waals surface area (Å²) in [6.07, 6.45) is 0. The van der Waals surface area contributed by atoms with Crippen LogP contribution in [-0.2, 0) is 0 Å². The molecule has 0 radical (unpaired) electrons. The van der Waals surface area contributed by atoms with Crippen LogP contribution in [0.1, 0.15) is 25.6 Å². The second-order valence-electron chi connectivity index (χ2n) is 7.29. The van der Waals surface area contributed by atoms with Crippen LogP contribution in [0.25, 0.3) is 19.5 Å². The van der Waals surface area contributed by atoms with Crippen LogP contribution in [0.2, 0.25) is 0 Å². The molecule has 3 heterocycles. The second kappa shape index (κ2) is 8.06. The Kier molecular flexibility index (Phi) is 5.26. The van der Waals surface area contributed by atoms with E-state index in [-0.39, 0.29) is 11.8 Å². The third-order valence-corrected chi connectivity index (χ3v) is 8.65. The quantitative estimate of drug-likeness (QED) is 0.423. The van der Waals surface area contributed by atoms with E-state index >= 15 is 0 Å². The summed E-state index contributed by atoms with van der Waals surface area (Å²) in [5.74, 6) is 1.95. The van der Waals surface area contributed by atoms with Crippen molar-refractivity contribution in [2.75, 3.05) is 29.9 Å². The first-order valence-corrected chi connectivity index (χ1v) is 12.6. The Labute approximate surface area is 186 Å². The minimum Gasteiger partial charge on any atom is -0.337 e. The summed E-state index contributed by atoms with van der Waals surface area (Å²) in [7, 11) is 0. The maximum absolute atomic E-state index is 12.9. The van der Waals surface area contributed by atoms with Crippen molar-refractivity contribution in [1.82, 2.24) is 4.90 Å². The third-order valence-electron chi connectivity index (χ3n) is 5.29. The molecular weight excluding hydrogens is 432 g/mol. The number of benzene rings is 2. The van der Waals surface area contributed by atoms with E-state index in [0.29, 0.717) is 10.4 Å². The van der Waals surface area contributed by atoms with Gasteiger partial charge in [0, 0.05) is 50.6 Å². The largest absolute Gasteiger partial charge is 0.337 e. The molecule has 1 aliphatic rings. The number of anilines is 1. The lowest BCUT2D eigenvalue weighted by Crippen LogP contribution is -2.37. The van der Waals surface area contributed by atoms with Crippen LogP contribution in [-0.4, -0.2) is 41.3 Å². The lowest BCUT2D eigenvalue weighted by atomic mass is 10.1. The number of amides is 2. The van der Waals surface area contributed by atoms with Crippen molar-refractivity contribution < 1.29 is 9.59 Å². The van der Waals surface area contributed by atoms with E-state index in [4.69, 9.17) is 0 Å². The van der Waals surface area contributed by atoms with Gasteiger partial charge in [0.25, 0.3) is 11.8 Å². The monoisotopic (exact) mass is 452 g/mol. The van der Waals surface area contributed by atoms with Crippen LogP contribution in [0.3, 0.4) is 0 Å². The van der Waals surface area contributed by atoms with E-state index in [9.17, 15) is 9.59 Å². The smallest absolute Gasteiger partial charge is 0.265 e. The molecule has 2 aromatic heterocycles. The van der Waals surface area contributed by atoms with Gasteiger partial charge in [-0.15, -0.1) is 22.7 Å². The third kappa shape index (κ3) is 3.62. The Balaban J connectivity index is 1.35. The van der Waals surface area contributed by atoms with E-state index in [1.165, 1.54) is 21.4 Å². The number of aryl methyl sites for hydroxylation is 1. The summed E-state index contributed by atoms with van der Waals surface area (Å²) >= 11 is 5.13. The van der Waals surface area contributed by atoms with Crippen molar-refractivity contribution in [3.63, 3.8) is 0 Å². The van der Waals surface area contributed by atoms with Gasteiger partial charge in [0.2, 0.25) is 0 Å². The number of hydrogen-bond donors (Lipinski definition) is 1. The molecule has 5 rings (SSSR count). The molecule has 2 aromatic carbocycles. The molecule has 4 aromatic rings. The molecule has 1 fully saturated rings. The number of thiophene rings is 2. The Morgan fingerprint density at radius 3 is 2.57 bits per heavy atom. The molecule has 152 valence electrons. The Hall–Kier alpha value is -2.35. The maximum Gasteiger partial charge on any atom is 0.265 e.